The summed E-state index contributed by atoms with van der Waals surface area (Å²) in [5, 5.41) is 11.3. The summed E-state index contributed by atoms with van der Waals surface area (Å²) in [6.07, 6.45) is 1.23. The van der Waals surface area contributed by atoms with Crippen molar-refractivity contribution in [2.45, 2.75) is 18.1 Å². The van der Waals surface area contributed by atoms with Crippen LogP contribution in [0.25, 0.3) is 0 Å². The molecule has 2 aliphatic heterocycles. The Labute approximate surface area is 187 Å². The summed E-state index contributed by atoms with van der Waals surface area (Å²) in [4.78, 5) is 40.2. The molecular formula is C20H25F3N6O4. The van der Waals surface area contributed by atoms with Crippen molar-refractivity contribution in [3.63, 3.8) is 0 Å². The number of rotatable bonds is 2. The number of carbonyl (C=O) groups excluding carboxylic acids is 2. The van der Waals surface area contributed by atoms with E-state index >= 15 is 0 Å². The Hall–Kier alpha value is -3.35. The first-order valence-electron chi connectivity index (χ1n) is 10.0. The fraction of sp³-hybridized carbons (Fsp3) is 0.500. The Bertz CT molecular complexity index is 1050. The minimum Gasteiger partial charge on any atom is -0.475 e. The predicted octanol–water partition coefficient (Wildman–Crippen LogP) is 0.955. The van der Waals surface area contributed by atoms with Crippen LogP contribution in [0.3, 0.4) is 0 Å². The van der Waals surface area contributed by atoms with Gasteiger partial charge in [-0.15, -0.1) is 0 Å². The topological polar surface area (TPSA) is 104 Å². The van der Waals surface area contributed by atoms with Crippen LogP contribution in [-0.4, -0.2) is 92.0 Å². The minimum atomic E-state index is -5.08. The lowest BCUT2D eigenvalue weighted by atomic mass is 9.93. The number of aryl methyl sites for hydroxylation is 2. The molecule has 4 rings (SSSR count). The summed E-state index contributed by atoms with van der Waals surface area (Å²) >= 11 is 0. The molecular weight excluding hydrogens is 445 g/mol. The van der Waals surface area contributed by atoms with Gasteiger partial charge in [-0.25, -0.2) is 4.79 Å². The van der Waals surface area contributed by atoms with Gasteiger partial charge in [-0.2, -0.15) is 18.3 Å². The number of carboxylic acids is 1. The van der Waals surface area contributed by atoms with Gasteiger partial charge >= 0.3 is 12.1 Å². The minimum absolute atomic E-state index is 0.0487. The highest BCUT2D eigenvalue weighted by molar-refractivity contribution is 5.96. The van der Waals surface area contributed by atoms with E-state index in [4.69, 9.17) is 9.90 Å². The molecule has 10 nitrogen and oxygen atoms in total. The Morgan fingerprint density at radius 2 is 1.85 bits per heavy atom. The van der Waals surface area contributed by atoms with Gasteiger partial charge in [-0.1, -0.05) is 0 Å². The number of hydrogen-bond acceptors (Lipinski definition) is 5. The molecule has 0 aromatic carbocycles. The van der Waals surface area contributed by atoms with Crippen molar-refractivity contribution in [3.05, 3.63) is 36.4 Å². The number of carboxylic acid groups (broad SMARTS) is 1. The number of amides is 2. The fourth-order valence-corrected chi connectivity index (χ4v) is 4.06. The number of piperazine rings is 1. The van der Waals surface area contributed by atoms with Crippen molar-refractivity contribution in [3.8, 4) is 0 Å². The maximum atomic E-state index is 12.9. The van der Waals surface area contributed by atoms with Crippen molar-refractivity contribution in [1.29, 1.82) is 0 Å². The molecule has 1 atom stereocenters. The van der Waals surface area contributed by atoms with Crippen LogP contribution in [0.2, 0.25) is 0 Å². The van der Waals surface area contributed by atoms with Gasteiger partial charge in [0.25, 0.3) is 5.91 Å². The third kappa shape index (κ3) is 5.02. The number of anilines is 1. The average Bonchev–Trinajstić information content (AvgIpc) is 3.45. The molecule has 33 heavy (non-hydrogen) atoms. The lowest BCUT2D eigenvalue weighted by molar-refractivity contribution is -0.192. The number of aliphatic carboxylic acids is 1. The van der Waals surface area contributed by atoms with Crippen LogP contribution in [-0.2, 0) is 23.7 Å². The van der Waals surface area contributed by atoms with E-state index in [1.165, 1.54) is 0 Å². The maximum absolute atomic E-state index is 12.9. The molecule has 2 fully saturated rings. The van der Waals surface area contributed by atoms with Gasteiger partial charge in [0.05, 0.1) is 24.0 Å². The van der Waals surface area contributed by atoms with Crippen molar-refractivity contribution in [2.75, 3.05) is 38.1 Å². The molecule has 1 N–H and O–H groups in total. The molecule has 2 amide bonds. The highest BCUT2D eigenvalue weighted by atomic mass is 19.4. The molecule has 2 aromatic rings. The summed E-state index contributed by atoms with van der Waals surface area (Å²) in [6.45, 7) is 2.24. The third-order valence-electron chi connectivity index (χ3n) is 5.96. The summed E-state index contributed by atoms with van der Waals surface area (Å²) in [6, 6.07) is 3.73. The first-order valence-corrected chi connectivity index (χ1v) is 10.0. The molecule has 1 spiro atoms. The van der Waals surface area contributed by atoms with E-state index in [1.807, 2.05) is 60.0 Å². The molecule has 0 bridgehead atoms. The van der Waals surface area contributed by atoms with Gasteiger partial charge in [0.15, 0.2) is 0 Å². The van der Waals surface area contributed by atoms with Crippen LogP contribution in [0.1, 0.15) is 16.9 Å². The molecule has 0 radical (unpaired) electrons. The number of halogens is 3. The highest BCUT2D eigenvalue weighted by Crippen LogP contribution is 2.33. The zero-order valence-electron chi connectivity index (χ0n) is 18.4. The zero-order valence-corrected chi connectivity index (χ0v) is 18.4. The van der Waals surface area contributed by atoms with Crippen molar-refractivity contribution in [1.82, 2.24) is 24.1 Å². The second-order valence-corrected chi connectivity index (χ2v) is 8.22. The number of alkyl halides is 3. The number of likely N-dealkylation sites (tertiary alicyclic amines) is 1. The van der Waals surface area contributed by atoms with Crippen molar-refractivity contribution >= 4 is 23.5 Å². The summed E-state index contributed by atoms with van der Waals surface area (Å²) in [5.41, 5.74) is 1.29. The van der Waals surface area contributed by atoms with Crippen LogP contribution < -0.4 is 4.90 Å². The van der Waals surface area contributed by atoms with E-state index < -0.39 is 12.1 Å². The molecule has 0 saturated carbocycles. The number of aromatic nitrogens is 3. The Kier molecular flexibility index (Phi) is 6.54. The Balaban J connectivity index is 0.000000383. The quantitative estimate of drug-likeness (QED) is 0.701. The third-order valence-corrected chi connectivity index (χ3v) is 5.96. The number of likely N-dealkylation sites (N-methyl/N-ethyl adjacent to an activating group) is 1. The molecule has 13 heteroatoms. The van der Waals surface area contributed by atoms with Crippen LogP contribution >= 0.6 is 0 Å². The SMILES string of the molecule is CN1CC(=O)N(c2cnn(C)c2)CC12CCN(C(=O)c1cccn1C)C2.O=C(O)C(F)(F)F. The van der Waals surface area contributed by atoms with E-state index in [1.54, 1.807) is 10.9 Å². The lowest BCUT2D eigenvalue weighted by Gasteiger charge is -2.46. The van der Waals surface area contributed by atoms with Crippen LogP contribution in [0.5, 0.6) is 0 Å². The fourth-order valence-electron chi connectivity index (χ4n) is 4.06. The normalized spacial score (nSPS) is 21.3. The monoisotopic (exact) mass is 470 g/mol. The molecule has 1 unspecified atom stereocenters. The van der Waals surface area contributed by atoms with E-state index in [0.29, 0.717) is 31.9 Å². The van der Waals surface area contributed by atoms with E-state index in [0.717, 1.165) is 12.1 Å². The number of carbonyl (C=O) groups is 3. The molecule has 2 aliphatic rings. The summed E-state index contributed by atoms with van der Waals surface area (Å²) in [7, 11) is 5.71. The largest absolute Gasteiger partial charge is 0.490 e. The highest BCUT2D eigenvalue weighted by Gasteiger charge is 2.49. The van der Waals surface area contributed by atoms with Gasteiger partial charge in [-0.05, 0) is 25.6 Å². The standard InChI is InChI=1S/C18H24N6O2.C2HF3O2/c1-20-7-4-5-15(20)17(26)23-8-6-18(12-23)13-24(16(25)11-21(18)2)14-9-19-22(3)10-14;3-2(4,5)1(6)7/h4-5,7,9-10H,6,8,11-13H2,1-3H3;(H,6,7). The smallest absolute Gasteiger partial charge is 0.475 e. The second kappa shape index (κ2) is 8.89. The van der Waals surface area contributed by atoms with Gasteiger partial charge < -0.3 is 19.5 Å². The predicted molar refractivity (Wildman–Crippen MR) is 111 cm³/mol. The lowest BCUT2D eigenvalue weighted by Crippen LogP contribution is -2.64. The molecule has 2 aromatic heterocycles. The van der Waals surface area contributed by atoms with Gasteiger partial charge in [0.1, 0.15) is 5.69 Å². The molecule has 0 aliphatic carbocycles. The Morgan fingerprint density at radius 3 is 2.36 bits per heavy atom. The summed E-state index contributed by atoms with van der Waals surface area (Å²) < 4.78 is 35.3. The Morgan fingerprint density at radius 1 is 1.18 bits per heavy atom. The molecule has 2 saturated heterocycles. The second-order valence-electron chi connectivity index (χ2n) is 8.22. The average molecular weight is 470 g/mol. The van der Waals surface area contributed by atoms with Gasteiger partial charge in [0.2, 0.25) is 5.91 Å². The maximum Gasteiger partial charge on any atom is 0.490 e. The van der Waals surface area contributed by atoms with E-state index in [9.17, 15) is 22.8 Å². The zero-order chi connectivity index (χ0) is 24.6. The molecule has 4 heterocycles. The van der Waals surface area contributed by atoms with Crippen molar-refractivity contribution in [2.24, 2.45) is 14.1 Å². The van der Waals surface area contributed by atoms with Gasteiger partial charge in [-0.3, -0.25) is 19.2 Å². The summed E-state index contributed by atoms with van der Waals surface area (Å²) in [5.74, 6) is -2.64. The first kappa shape index (κ1) is 24.3. The number of hydrogen-bond donors (Lipinski definition) is 1. The van der Waals surface area contributed by atoms with E-state index in [-0.39, 0.29) is 17.4 Å². The van der Waals surface area contributed by atoms with Crippen LogP contribution in [0, 0.1) is 0 Å². The van der Waals surface area contributed by atoms with E-state index in [2.05, 4.69) is 10.00 Å². The van der Waals surface area contributed by atoms with Crippen LogP contribution in [0.15, 0.2) is 30.7 Å². The van der Waals surface area contributed by atoms with Crippen LogP contribution in [0.4, 0.5) is 18.9 Å². The van der Waals surface area contributed by atoms with Crippen molar-refractivity contribution < 1.29 is 32.7 Å². The molecule has 180 valence electrons. The number of nitrogens with zero attached hydrogens (tertiary/aromatic N) is 6. The van der Waals surface area contributed by atoms with Gasteiger partial charge in [0, 0.05) is 46.1 Å². The first-order chi connectivity index (χ1) is 15.3.